The number of nitrogens with zero attached hydrogens (tertiary/aromatic N) is 2. The van der Waals surface area contributed by atoms with Crippen LogP contribution in [0.5, 0.6) is 0 Å². The van der Waals surface area contributed by atoms with Crippen molar-refractivity contribution in [2.24, 2.45) is 16.8 Å². The first kappa shape index (κ1) is 13.8. The molecule has 0 amide bonds. The first-order chi connectivity index (χ1) is 9.20. The molecule has 0 bridgehead atoms. The molecular weight excluding hydrogens is 240 g/mol. The van der Waals surface area contributed by atoms with Crippen LogP contribution in [0.25, 0.3) is 0 Å². The van der Waals surface area contributed by atoms with Crippen LogP contribution >= 0.6 is 0 Å². The highest BCUT2D eigenvalue weighted by atomic mass is 16.4. The Kier molecular flexibility index (Phi) is 4.76. The fourth-order valence-electron chi connectivity index (χ4n) is 2.58. The molecule has 4 N–H and O–H groups in total. The zero-order chi connectivity index (χ0) is 13.7. The minimum absolute atomic E-state index is 0.165. The third-order valence-corrected chi connectivity index (χ3v) is 3.64. The average Bonchev–Trinajstić information content (AvgIpc) is 2.84. The SMILES string of the molecule is CN1CCC(CNCc2ccccc2C(N)=NO)C1. The lowest BCUT2D eigenvalue weighted by Crippen LogP contribution is -2.26. The summed E-state index contributed by atoms with van der Waals surface area (Å²) in [6.07, 6.45) is 1.26. The monoisotopic (exact) mass is 262 g/mol. The van der Waals surface area contributed by atoms with E-state index >= 15 is 0 Å². The molecule has 1 atom stereocenters. The lowest BCUT2D eigenvalue weighted by atomic mass is 10.1. The minimum Gasteiger partial charge on any atom is -0.409 e. The summed E-state index contributed by atoms with van der Waals surface area (Å²) in [5, 5.41) is 15.3. The lowest BCUT2D eigenvalue weighted by molar-refractivity contribution is 0.318. The maximum atomic E-state index is 8.78. The molecule has 0 radical (unpaired) electrons. The van der Waals surface area contributed by atoms with Crippen LogP contribution in [-0.4, -0.2) is 42.6 Å². The van der Waals surface area contributed by atoms with Crippen LogP contribution in [0.4, 0.5) is 0 Å². The number of likely N-dealkylation sites (tertiary alicyclic amines) is 1. The van der Waals surface area contributed by atoms with E-state index in [1.54, 1.807) is 0 Å². The number of nitrogens with one attached hydrogen (secondary N) is 1. The van der Waals surface area contributed by atoms with Crippen LogP contribution in [0.3, 0.4) is 0 Å². The van der Waals surface area contributed by atoms with E-state index < -0.39 is 0 Å². The Morgan fingerprint density at radius 1 is 1.53 bits per heavy atom. The van der Waals surface area contributed by atoms with Gasteiger partial charge in [-0.3, -0.25) is 0 Å². The van der Waals surface area contributed by atoms with Gasteiger partial charge in [-0.1, -0.05) is 29.4 Å². The van der Waals surface area contributed by atoms with Gasteiger partial charge in [0.25, 0.3) is 0 Å². The maximum absolute atomic E-state index is 8.78. The molecule has 19 heavy (non-hydrogen) atoms. The number of oxime groups is 1. The second-order valence-electron chi connectivity index (χ2n) is 5.19. The zero-order valence-corrected chi connectivity index (χ0v) is 11.3. The van der Waals surface area contributed by atoms with Crippen molar-refractivity contribution in [2.75, 3.05) is 26.7 Å². The molecule has 0 aliphatic carbocycles. The summed E-state index contributed by atoms with van der Waals surface area (Å²) in [4.78, 5) is 2.36. The molecule has 1 heterocycles. The second kappa shape index (κ2) is 6.54. The molecular formula is C14H22N4O. The van der Waals surface area contributed by atoms with Gasteiger partial charge in [-0.25, -0.2) is 0 Å². The van der Waals surface area contributed by atoms with E-state index in [-0.39, 0.29) is 5.84 Å². The summed E-state index contributed by atoms with van der Waals surface area (Å²) in [6, 6.07) is 7.73. The second-order valence-corrected chi connectivity index (χ2v) is 5.19. The Balaban J connectivity index is 1.89. The topological polar surface area (TPSA) is 73.9 Å². The van der Waals surface area contributed by atoms with E-state index in [4.69, 9.17) is 10.9 Å². The van der Waals surface area contributed by atoms with Crippen LogP contribution in [0, 0.1) is 5.92 Å². The van der Waals surface area contributed by atoms with Gasteiger partial charge >= 0.3 is 0 Å². The van der Waals surface area contributed by atoms with E-state index in [0.29, 0.717) is 0 Å². The Morgan fingerprint density at radius 2 is 2.32 bits per heavy atom. The fourth-order valence-corrected chi connectivity index (χ4v) is 2.58. The van der Waals surface area contributed by atoms with Gasteiger partial charge in [-0.2, -0.15) is 0 Å². The van der Waals surface area contributed by atoms with Gasteiger partial charge in [0.1, 0.15) is 0 Å². The Hall–Kier alpha value is -1.59. The first-order valence-corrected chi connectivity index (χ1v) is 6.65. The molecule has 2 rings (SSSR count). The number of benzene rings is 1. The summed E-state index contributed by atoms with van der Waals surface area (Å²) >= 11 is 0. The van der Waals surface area contributed by atoms with Crippen molar-refractivity contribution < 1.29 is 5.21 Å². The molecule has 5 nitrogen and oxygen atoms in total. The third kappa shape index (κ3) is 3.68. The van der Waals surface area contributed by atoms with E-state index in [2.05, 4.69) is 22.4 Å². The van der Waals surface area contributed by atoms with E-state index in [0.717, 1.165) is 36.7 Å². The van der Waals surface area contributed by atoms with E-state index in [1.165, 1.54) is 13.0 Å². The standard InChI is InChI=1S/C14H22N4O/c1-18-7-6-11(10-18)8-16-9-12-4-2-3-5-13(12)14(15)17-19/h2-5,11,16,19H,6-10H2,1H3,(H2,15,17). The predicted molar refractivity (Wildman–Crippen MR) is 76.3 cm³/mol. The Bertz CT molecular complexity index is 447. The molecule has 0 aromatic heterocycles. The molecule has 1 aliphatic heterocycles. The van der Waals surface area contributed by atoms with Crippen molar-refractivity contribution in [2.45, 2.75) is 13.0 Å². The highest BCUT2D eigenvalue weighted by Gasteiger charge is 2.18. The summed E-state index contributed by atoms with van der Waals surface area (Å²) in [5.74, 6) is 0.888. The van der Waals surface area contributed by atoms with Gasteiger partial charge in [0.2, 0.25) is 0 Å². The summed E-state index contributed by atoms with van der Waals surface area (Å²) in [7, 11) is 2.16. The lowest BCUT2D eigenvalue weighted by Gasteiger charge is -2.13. The van der Waals surface area contributed by atoms with Crippen LogP contribution in [0.2, 0.25) is 0 Å². The third-order valence-electron chi connectivity index (χ3n) is 3.64. The normalized spacial score (nSPS) is 20.9. The van der Waals surface area contributed by atoms with Gasteiger partial charge in [0, 0.05) is 18.7 Å². The van der Waals surface area contributed by atoms with Crippen molar-refractivity contribution in [3.63, 3.8) is 0 Å². The van der Waals surface area contributed by atoms with Crippen molar-refractivity contribution in [3.8, 4) is 0 Å². The molecule has 104 valence electrons. The van der Waals surface area contributed by atoms with Gasteiger partial charge in [0.05, 0.1) is 0 Å². The quantitative estimate of drug-likeness (QED) is 0.318. The number of nitrogens with two attached hydrogens (primary N) is 1. The highest BCUT2D eigenvalue weighted by molar-refractivity contribution is 5.98. The molecule has 1 aliphatic rings. The van der Waals surface area contributed by atoms with Crippen LogP contribution in [-0.2, 0) is 6.54 Å². The molecule has 0 spiro atoms. The van der Waals surface area contributed by atoms with Gasteiger partial charge in [-0.15, -0.1) is 0 Å². The molecule has 1 aromatic carbocycles. The smallest absolute Gasteiger partial charge is 0.170 e. The largest absolute Gasteiger partial charge is 0.409 e. The van der Waals surface area contributed by atoms with Crippen LogP contribution in [0.15, 0.2) is 29.4 Å². The average molecular weight is 262 g/mol. The molecule has 1 aromatic rings. The van der Waals surface area contributed by atoms with Crippen molar-refractivity contribution in [3.05, 3.63) is 35.4 Å². The van der Waals surface area contributed by atoms with Gasteiger partial charge in [-0.05, 0) is 38.0 Å². The summed E-state index contributed by atoms with van der Waals surface area (Å²) in [6.45, 7) is 4.10. The molecule has 0 saturated carbocycles. The zero-order valence-electron chi connectivity index (χ0n) is 11.3. The summed E-state index contributed by atoms with van der Waals surface area (Å²) < 4.78 is 0. The van der Waals surface area contributed by atoms with Gasteiger partial charge < -0.3 is 21.2 Å². The summed E-state index contributed by atoms with van der Waals surface area (Å²) in [5.41, 5.74) is 7.52. The van der Waals surface area contributed by atoms with Crippen molar-refractivity contribution in [1.82, 2.24) is 10.2 Å². The number of rotatable bonds is 5. The Morgan fingerprint density at radius 3 is 3.00 bits per heavy atom. The van der Waals surface area contributed by atoms with Crippen LogP contribution in [0.1, 0.15) is 17.5 Å². The fraction of sp³-hybridized carbons (Fsp3) is 0.500. The Labute approximate surface area is 114 Å². The van der Waals surface area contributed by atoms with E-state index in [9.17, 15) is 0 Å². The molecule has 5 heteroatoms. The predicted octanol–water partition coefficient (Wildman–Crippen LogP) is 0.822. The number of hydrogen-bond donors (Lipinski definition) is 3. The van der Waals surface area contributed by atoms with Crippen molar-refractivity contribution >= 4 is 5.84 Å². The first-order valence-electron chi connectivity index (χ1n) is 6.65. The number of amidine groups is 1. The molecule has 1 unspecified atom stereocenters. The molecule has 1 saturated heterocycles. The van der Waals surface area contributed by atoms with E-state index in [1.807, 2.05) is 24.3 Å². The maximum Gasteiger partial charge on any atom is 0.170 e. The molecule has 1 fully saturated rings. The van der Waals surface area contributed by atoms with Gasteiger partial charge in [0.15, 0.2) is 5.84 Å². The van der Waals surface area contributed by atoms with Crippen molar-refractivity contribution in [1.29, 1.82) is 0 Å². The minimum atomic E-state index is 0.165. The number of hydrogen-bond acceptors (Lipinski definition) is 4. The van der Waals surface area contributed by atoms with Crippen LogP contribution < -0.4 is 11.1 Å². The highest BCUT2D eigenvalue weighted by Crippen LogP contribution is 2.14.